The lowest BCUT2D eigenvalue weighted by molar-refractivity contribution is 0.401. The maximum Gasteiger partial charge on any atom is 0.106 e. The second-order valence-electron chi connectivity index (χ2n) is 4.96. The Morgan fingerprint density at radius 2 is 1.89 bits per heavy atom. The Kier molecular flexibility index (Phi) is 5.56. The van der Waals surface area contributed by atoms with Crippen molar-refractivity contribution >= 4 is 22.9 Å². The van der Waals surface area contributed by atoms with Gasteiger partial charge in [0.2, 0.25) is 0 Å². The standard InChI is InChI=1S/C14H23N3S/c1-11-6-7-13(12(10-11)14(15)18)17(4)9-5-8-16(2)3/h6-7,10H,5,8-9H2,1-4H3,(H2,15,18). The Hall–Kier alpha value is -1.13. The van der Waals surface area contributed by atoms with Gasteiger partial charge in [0.25, 0.3) is 0 Å². The van der Waals surface area contributed by atoms with E-state index in [9.17, 15) is 0 Å². The molecule has 0 aliphatic rings. The molecule has 2 N–H and O–H groups in total. The zero-order valence-corrected chi connectivity index (χ0v) is 12.5. The van der Waals surface area contributed by atoms with Crippen LogP contribution in [-0.2, 0) is 0 Å². The summed E-state index contributed by atoms with van der Waals surface area (Å²) in [5.41, 5.74) is 9.07. The Bertz CT molecular complexity index is 416. The highest BCUT2D eigenvalue weighted by Crippen LogP contribution is 2.21. The van der Waals surface area contributed by atoms with E-state index >= 15 is 0 Å². The molecule has 1 rings (SSSR count). The van der Waals surface area contributed by atoms with Gasteiger partial charge < -0.3 is 15.5 Å². The number of anilines is 1. The Morgan fingerprint density at radius 3 is 2.44 bits per heavy atom. The molecule has 0 fully saturated rings. The van der Waals surface area contributed by atoms with E-state index < -0.39 is 0 Å². The van der Waals surface area contributed by atoms with Gasteiger partial charge in [-0.1, -0.05) is 23.8 Å². The SMILES string of the molecule is Cc1ccc(N(C)CCCN(C)C)c(C(N)=S)c1. The van der Waals surface area contributed by atoms with E-state index in [0.717, 1.165) is 30.8 Å². The highest BCUT2D eigenvalue weighted by Gasteiger charge is 2.09. The van der Waals surface area contributed by atoms with Crippen LogP contribution in [-0.4, -0.2) is 44.1 Å². The van der Waals surface area contributed by atoms with Crippen molar-refractivity contribution in [3.8, 4) is 0 Å². The lowest BCUT2D eigenvalue weighted by Gasteiger charge is -2.23. The van der Waals surface area contributed by atoms with Gasteiger partial charge in [-0.3, -0.25) is 0 Å². The Labute approximate surface area is 116 Å². The van der Waals surface area contributed by atoms with Crippen LogP contribution in [0.5, 0.6) is 0 Å². The number of rotatable bonds is 6. The summed E-state index contributed by atoms with van der Waals surface area (Å²) in [4.78, 5) is 4.88. The fraction of sp³-hybridized carbons (Fsp3) is 0.500. The van der Waals surface area contributed by atoms with E-state index in [1.54, 1.807) is 0 Å². The van der Waals surface area contributed by atoms with Crippen molar-refractivity contribution in [2.24, 2.45) is 5.73 Å². The monoisotopic (exact) mass is 265 g/mol. The molecule has 0 atom stereocenters. The molecule has 0 heterocycles. The lowest BCUT2D eigenvalue weighted by Crippen LogP contribution is -2.25. The summed E-state index contributed by atoms with van der Waals surface area (Å²) < 4.78 is 0. The Morgan fingerprint density at radius 1 is 1.22 bits per heavy atom. The van der Waals surface area contributed by atoms with Crippen LogP contribution in [0.3, 0.4) is 0 Å². The number of thiocarbonyl (C=S) groups is 1. The predicted octanol–water partition coefficient (Wildman–Crippen LogP) is 2.02. The molecule has 0 aliphatic heterocycles. The van der Waals surface area contributed by atoms with E-state index in [1.807, 2.05) is 0 Å². The van der Waals surface area contributed by atoms with Crippen molar-refractivity contribution in [3.05, 3.63) is 29.3 Å². The van der Waals surface area contributed by atoms with Gasteiger partial charge in [0.1, 0.15) is 4.99 Å². The molecule has 18 heavy (non-hydrogen) atoms. The number of nitrogens with two attached hydrogens (primary N) is 1. The van der Waals surface area contributed by atoms with Crippen LogP contribution in [0, 0.1) is 6.92 Å². The summed E-state index contributed by atoms with van der Waals surface area (Å²) >= 11 is 5.13. The Balaban J connectivity index is 2.78. The second kappa shape index (κ2) is 6.71. The molecule has 1 aromatic carbocycles. The highest BCUT2D eigenvalue weighted by atomic mass is 32.1. The molecule has 0 aromatic heterocycles. The number of benzene rings is 1. The zero-order chi connectivity index (χ0) is 13.7. The van der Waals surface area contributed by atoms with Gasteiger partial charge in [0.05, 0.1) is 0 Å². The molecule has 0 unspecified atom stereocenters. The van der Waals surface area contributed by atoms with Crippen LogP contribution in [0.15, 0.2) is 18.2 Å². The first-order valence-electron chi connectivity index (χ1n) is 6.18. The van der Waals surface area contributed by atoms with Gasteiger partial charge in [-0.15, -0.1) is 0 Å². The molecule has 4 heteroatoms. The van der Waals surface area contributed by atoms with E-state index in [1.165, 1.54) is 5.56 Å². The first-order valence-corrected chi connectivity index (χ1v) is 6.59. The summed E-state index contributed by atoms with van der Waals surface area (Å²) in [5.74, 6) is 0. The second-order valence-corrected chi connectivity index (χ2v) is 5.40. The fourth-order valence-electron chi connectivity index (χ4n) is 1.92. The first kappa shape index (κ1) is 14.9. The molecule has 0 saturated heterocycles. The van der Waals surface area contributed by atoms with Gasteiger partial charge >= 0.3 is 0 Å². The lowest BCUT2D eigenvalue weighted by atomic mass is 10.1. The van der Waals surface area contributed by atoms with E-state index in [2.05, 4.69) is 56.1 Å². The molecule has 0 spiro atoms. The van der Waals surface area contributed by atoms with Gasteiger partial charge in [-0.2, -0.15) is 0 Å². The van der Waals surface area contributed by atoms with Crippen molar-refractivity contribution in [1.29, 1.82) is 0 Å². The molecule has 100 valence electrons. The highest BCUT2D eigenvalue weighted by molar-refractivity contribution is 7.80. The molecule has 0 amide bonds. The predicted molar refractivity (Wildman–Crippen MR) is 83.5 cm³/mol. The van der Waals surface area contributed by atoms with Gasteiger partial charge in [-0.05, 0) is 46.1 Å². The van der Waals surface area contributed by atoms with Crippen molar-refractivity contribution in [2.45, 2.75) is 13.3 Å². The quantitative estimate of drug-likeness (QED) is 0.798. The summed E-state index contributed by atoms with van der Waals surface area (Å²) in [6.45, 7) is 4.13. The first-order chi connectivity index (χ1) is 8.41. The van der Waals surface area contributed by atoms with E-state index in [-0.39, 0.29) is 0 Å². The smallest absolute Gasteiger partial charge is 0.106 e. The van der Waals surface area contributed by atoms with Crippen LogP contribution in [0.1, 0.15) is 17.5 Å². The fourth-order valence-corrected chi connectivity index (χ4v) is 2.09. The number of aryl methyl sites for hydroxylation is 1. The third-order valence-corrected chi connectivity index (χ3v) is 3.15. The average molecular weight is 265 g/mol. The van der Waals surface area contributed by atoms with Crippen molar-refractivity contribution in [1.82, 2.24) is 4.90 Å². The molecule has 0 bridgehead atoms. The van der Waals surface area contributed by atoms with Gasteiger partial charge in [-0.25, -0.2) is 0 Å². The topological polar surface area (TPSA) is 32.5 Å². The molecule has 0 saturated carbocycles. The maximum absolute atomic E-state index is 5.79. The number of nitrogens with zero attached hydrogens (tertiary/aromatic N) is 2. The zero-order valence-electron chi connectivity index (χ0n) is 11.7. The van der Waals surface area contributed by atoms with Crippen LogP contribution in [0.2, 0.25) is 0 Å². The largest absolute Gasteiger partial charge is 0.389 e. The molecule has 3 nitrogen and oxygen atoms in total. The molecule has 0 aliphatic carbocycles. The summed E-state index contributed by atoms with van der Waals surface area (Å²) in [5, 5.41) is 0. The number of hydrogen-bond acceptors (Lipinski definition) is 3. The molecular formula is C14H23N3S. The van der Waals surface area contributed by atoms with Gasteiger partial charge in [0, 0.05) is 24.8 Å². The normalized spacial score (nSPS) is 10.7. The third-order valence-electron chi connectivity index (χ3n) is 2.93. The molecule has 0 radical (unpaired) electrons. The molecular weight excluding hydrogens is 242 g/mol. The summed E-state index contributed by atoms with van der Waals surface area (Å²) in [6.07, 6.45) is 1.12. The van der Waals surface area contributed by atoms with Gasteiger partial charge in [0.15, 0.2) is 0 Å². The third kappa shape index (κ3) is 4.27. The summed E-state index contributed by atoms with van der Waals surface area (Å²) in [7, 11) is 6.26. The van der Waals surface area contributed by atoms with Crippen LogP contribution < -0.4 is 10.6 Å². The van der Waals surface area contributed by atoms with Crippen molar-refractivity contribution < 1.29 is 0 Å². The van der Waals surface area contributed by atoms with E-state index in [4.69, 9.17) is 18.0 Å². The minimum atomic E-state index is 0.466. The van der Waals surface area contributed by atoms with Crippen molar-refractivity contribution in [3.63, 3.8) is 0 Å². The average Bonchev–Trinajstić information content (AvgIpc) is 2.28. The minimum absolute atomic E-state index is 0.466. The van der Waals surface area contributed by atoms with Crippen molar-refractivity contribution in [2.75, 3.05) is 39.1 Å². The maximum atomic E-state index is 5.79. The van der Waals surface area contributed by atoms with Crippen LogP contribution in [0.4, 0.5) is 5.69 Å². The van der Waals surface area contributed by atoms with Crippen LogP contribution in [0.25, 0.3) is 0 Å². The molecule has 1 aromatic rings. The van der Waals surface area contributed by atoms with E-state index in [0.29, 0.717) is 4.99 Å². The minimum Gasteiger partial charge on any atom is -0.389 e. The summed E-state index contributed by atoms with van der Waals surface area (Å²) in [6, 6.07) is 6.25. The van der Waals surface area contributed by atoms with Crippen LogP contribution >= 0.6 is 12.2 Å². The number of hydrogen-bond donors (Lipinski definition) is 1.